The van der Waals surface area contributed by atoms with Crippen LogP contribution in [-0.2, 0) is 28.5 Å². The Morgan fingerprint density at radius 3 is 2.55 bits per heavy atom. The van der Waals surface area contributed by atoms with Gasteiger partial charge in [0, 0.05) is 24.8 Å². The van der Waals surface area contributed by atoms with Crippen LogP contribution in [0.1, 0.15) is 66.2 Å². The summed E-state index contributed by atoms with van der Waals surface area (Å²) in [6.45, 7) is 11.6. The van der Waals surface area contributed by atoms with Crippen molar-refractivity contribution in [1.82, 2.24) is 5.32 Å². The van der Waals surface area contributed by atoms with Crippen molar-refractivity contribution in [2.24, 2.45) is 11.3 Å². The highest BCUT2D eigenvalue weighted by molar-refractivity contribution is 5.82. The lowest BCUT2D eigenvalue weighted by Crippen LogP contribution is -2.65. The third-order valence-electron chi connectivity index (χ3n) is 8.40. The number of carbonyl (C=O) groups excluding carboxylic acids is 1. The number of carboxylic acid groups (broad SMARTS) is 1. The van der Waals surface area contributed by atoms with Crippen LogP contribution in [0.25, 0.3) is 0 Å². The number of fused-ring (bicyclic) bond motifs is 1. The van der Waals surface area contributed by atoms with Gasteiger partial charge >= 0.3 is 5.97 Å². The number of hydrogen-bond acceptors (Lipinski definition) is 9. The van der Waals surface area contributed by atoms with Gasteiger partial charge in [-0.25, -0.2) is 4.79 Å². The highest BCUT2D eigenvalue weighted by Crippen LogP contribution is 2.42. The molecule has 236 valence electrons. The van der Waals surface area contributed by atoms with Crippen molar-refractivity contribution in [3.05, 3.63) is 48.6 Å². The Balaban J connectivity index is 1.54. The van der Waals surface area contributed by atoms with Crippen LogP contribution < -0.4 is 5.32 Å². The van der Waals surface area contributed by atoms with Crippen molar-refractivity contribution >= 4 is 11.9 Å². The number of allylic oxidation sites excluding steroid dienone is 5. The molecule has 3 aliphatic heterocycles. The molecular formula is C31H47NO10. The zero-order valence-electron chi connectivity index (χ0n) is 25.0. The number of nitrogens with one attached hydrogen (secondary N) is 1. The van der Waals surface area contributed by atoms with Crippen LogP contribution >= 0.6 is 0 Å². The molecule has 5 N–H and O–H groups in total. The number of rotatable bonds is 12. The SMILES string of the molecule is C=C1C[C@](O)([C@H](O)C(=O)N[C@H]2OCO[C@@H]3CC(C)(C)[C@@H](C[C@H](O)CCC/C=C/C=C/C=C/C(=O)O)O[C@@H]32)O[C@H](C)[C@@H]1C. The predicted octanol–water partition coefficient (Wildman–Crippen LogP) is 2.71. The first kappa shape index (κ1) is 34.1. The maximum absolute atomic E-state index is 13.1. The van der Waals surface area contributed by atoms with Gasteiger partial charge in [0.05, 0.1) is 24.4 Å². The fourth-order valence-electron chi connectivity index (χ4n) is 5.59. The summed E-state index contributed by atoms with van der Waals surface area (Å²) in [5.74, 6) is -3.99. The van der Waals surface area contributed by atoms with E-state index in [1.165, 1.54) is 6.08 Å². The van der Waals surface area contributed by atoms with Crippen LogP contribution in [0.4, 0.5) is 0 Å². The van der Waals surface area contributed by atoms with Crippen LogP contribution in [0.2, 0.25) is 0 Å². The van der Waals surface area contributed by atoms with Crippen molar-refractivity contribution in [3.63, 3.8) is 0 Å². The normalized spacial score (nSPS) is 34.9. The molecule has 11 nitrogen and oxygen atoms in total. The molecule has 0 saturated carbocycles. The van der Waals surface area contributed by atoms with Crippen molar-refractivity contribution in [3.8, 4) is 0 Å². The molecule has 0 spiro atoms. The molecule has 9 atom stereocenters. The Morgan fingerprint density at radius 2 is 1.86 bits per heavy atom. The van der Waals surface area contributed by atoms with Crippen molar-refractivity contribution in [1.29, 1.82) is 0 Å². The first-order chi connectivity index (χ1) is 19.7. The first-order valence-corrected chi connectivity index (χ1v) is 14.6. The van der Waals surface area contributed by atoms with Gasteiger partial charge in [-0.2, -0.15) is 0 Å². The topological polar surface area (TPSA) is 164 Å². The number of hydrogen-bond donors (Lipinski definition) is 5. The molecule has 1 amide bonds. The molecule has 0 aliphatic carbocycles. The molecule has 42 heavy (non-hydrogen) atoms. The monoisotopic (exact) mass is 593 g/mol. The van der Waals surface area contributed by atoms with E-state index >= 15 is 0 Å². The molecule has 3 rings (SSSR count). The average molecular weight is 594 g/mol. The molecule has 3 fully saturated rings. The van der Waals surface area contributed by atoms with Gasteiger partial charge in [-0.1, -0.05) is 63.3 Å². The third-order valence-corrected chi connectivity index (χ3v) is 8.40. The minimum Gasteiger partial charge on any atom is -0.478 e. The summed E-state index contributed by atoms with van der Waals surface area (Å²) >= 11 is 0. The van der Waals surface area contributed by atoms with Gasteiger partial charge in [0.15, 0.2) is 12.3 Å². The molecule has 0 aromatic carbocycles. The fourth-order valence-corrected chi connectivity index (χ4v) is 5.59. The largest absolute Gasteiger partial charge is 0.478 e. The lowest BCUT2D eigenvalue weighted by molar-refractivity contribution is -0.303. The highest BCUT2D eigenvalue weighted by atomic mass is 16.7. The van der Waals surface area contributed by atoms with E-state index in [4.69, 9.17) is 24.1 Å². The van der Waals surface area contributed by atoms with Gasteiger partial charge in [0.25, 0.3) is 5.91 Å². The maximum atomic E-state index is 13.1. The van der Waals surface area contributed by atoms with E-state index in [2.05, 4.69) is 25.7 Å². The van der Waals surface area contributed by atoms with Gasteiger partial charge in [0.1, 0.15) is 12.9 Å². The van der Waals surface area contributed by atoms with Crippen LogP contribution in [0.5, 0.6) is 0 Å². The standard InChI is InChI=1S/C31H47NO10/c1-19-16-31(38,42-21(3)20(19)2)27(36)28(37)32-29-26-23(39-18-40-29)17-30(4,5)24(41-26)15-22(33)13-11-9-7-6-8-10-12-14-25(34)35/h6-8,10,12,14,20-24,26-27,29,33,36,38H,1,9,11,13,15-18H2,2-5H3,(H,32,37)(H,34,35)/b7-6+,10-8+,14-12+/t20-,21-,22-,23-,24-,26+,27-,29+,31-/m1/s1. The summed E-state index contributed by atoms with van der Waals surface area (Å²) in [7, 11) is 0. The van der Waals surface area contributed by atoms with E-state index in [1.54, 1.807) is 19.1 Å². The molecular weight excluding hydrogens is 546 g/mol. The summed E-state index contributed by atoms with van der Waals surface area (Å²) in [4.78, 5) is 23.5. The molecule has 0 unspecified atom stereocenters. The Hall–Kier alpha value is -2.38. The van der Waals surface area contributed by atoms with Crippen molar-refractivity contribution < 1.29 is 49.0 Å². The molecule has 11 heteroatoms. The average Bonchev–Trinajstić information content (AvgIpc) is 2.90. The summed E-state index contributed by atoms with van der Waals surface area (Å²) in [6.07, 6.45) is 7.41. The Kier molecular flexibility index (Phi) is 12.1. The van der Waals surface area contributed by atoms with Crippen LogP contribution in [0.15, 0.2) is 48.6 Å². The first-order valence-electron chi connectivity index (χ1n) is 14.6. The Labute approximate surface area is 247 Å². The van der Waals surface area contributed by atoms with E-state index in [0.29, 0.717) is 24.8 Å². The summed E-state index contributed by atoms with van der Waals surface area (Å²) in [5, 5.41) is 43.7. The van der Waals surface area contributed by atoms with Crippen molar-refractivity contribution in [2.75, 3.05) is 6.79 Å². The van der Waals surface area contributed by atoms with E-state index < -0.39 is 48.3 Å². The zero-order chi connectivity index (χ0) is 31.1. The number of unbranched alkanes of at least 4 members (excludes halogenated alkanes) is 1. The molecule has 0 radical (unpaired) electrons. The van der Waals surface area contributed by atoms with Crippen LogP contribution in [0.3, 0.4) is 0 Å². The molecule has 3 aliphatic rings. The van der Waals surface area contributed by atoms with Crippen LogP contribution in [0, 0.1) is 11.3 Å². The van der Waals surface area contributed by atoms with Crippen LogP contribution in [-0.4, -0.2) is 87.7 Å². The molecule has 3 saturated heterocycles. The second-order valence-electron chi connectivity index (χ2n) is 12.2. The highest BCUT2D eigenvalue weighted by Gasteiger charge is 2.52. The second kappa shape index (κ2) is 14.9. The van der Waals surface area contributed by atoms with E-state index in [0.717, 1.165) is 18.9 Å². The lowest BCUT2D eigenvalue weighted by atomic mass is 9.75. The maximum Gasteiger partial charge on any atom is 0.328 e. The number of carbonyl (C=O) groups is 2. The summed E-state index contributed by atoms with van der Waals surface area (Å²) in [6, 6.07) is 0. The fraction of sp³-hybridized carbons (Fsp3) is 0.677. The molecule has 0 bridgehead atoms. The minimum atomic E-state index is -2.11. The van der Waals surface area contributed by atoms with E-state index in [9.17, 15) is 24.9 Å². The molecule has 3 heterocycles. The number of amides is 1. The number of ether oxygens (including phenoxy) is 4. The molecule has 0 aromatic heterocycles. The minimum absolute atomic E-state index is 0.0282. The summed E-state index contributed by atoms with van der Waals surface area (Å²) in [5.41, 5.74) is 0.364. The Morgan fingerprint density at radius 1 is 1.14 bits per heavy atom. The van der Waals surface area contributed by atoms with Gasteiger partial charge in [-0.15, -0.1) is 0 Å². The summed E-state index contributed by atoms with van der Waals surface area (Å²) < 4.78 is 23.5. The predicted molar refractivity (Wildman–Crippen MR) is 154 cm³/mol. The number of aliphatic carboxylic acids is 1. The third kappa shape index (κ3) is 9.06. The van der Waals surface area contributed by atoms with E-state index in [-0.39, 0.29) is 36.8 Å². The number of carboxylic acids is 1. The van der Waals surface area contributed by atoms with Crippen molar-refractivity contribution in [2.45, 2.75) is 115 Å². The van der Waals surface area contributed by atoms with Gasteiger partial charge in [0.2, 0.25) is 5.79 Å². The van der Waals surface area contributed by atoms with Gasteiger partial charge in [-0.05, 0) is 38.0 Å². The Bertz CT molecular complexity index is 1040. The number of aliphatic hydroxyl groups excluding tert-OH is 2. The quantitative estimate of drug-likeness (QED) is 0.0984. The van der Waals surface area contributed by atoms with E-state index in [1.807, 2.05) is 19.1 Å². The molecule has 0 aromatic rings. The zero-order valence-corrected chi connectivity index (χ0v) is 25.0. The van der Waals surface area contributed by atoms with Gasteiger partial charge < -0.3 is 44.7 Å². The number of aliphatic hydroxyl groups is 3. The smallest absolute Gasteiger partial charge is 0.328 e. The lowest BCUT2D eigenvalue weighted by Gasteiger charge is -2.50. The van der Waals surface area contributed by atoms with Gasteiger partial charge in [-0.3, -0.25) is 4.79 Å². The second-order valence-corrected chi connectivity index (χ2v) is 12.2.